The average molecular weight is 601 g/mol. The van der Waals surface area contributed by atoms with Gasteiger partial charge in [0.15, 0.2) is 0 Å². The van der Waals surface area contributed by atoms with Gasteiger partial charge in [-0.05, 0) is 45.8 Å². The molecule has 6 aromatic carbocycles. The topological polar surface area (TPSA) is 95.5 Å². The van der Waals surface area contributed by atoms with Crippen LogP contribution >= 0.6 is 15.9 Å². The van der Waals surface area contributed by atoms with Gasteiger partial charge in [-0.15, -0.1) is 0 Å². The number of nitrogens with zero attached hydrogens (tertiary/aromatic N) is 2. The zero-order valence-corrected chi connectivity index (χ0v) is 22.7. The van der Waals surface area contributed by atoms with Crippen molar-refractivity contribution in [2.75, 3.05) is 0 Å². The van der Waals surface area contributed by atoms with Crippen molar-refractivity contribution in [3.05, 3.63) is 150 Å². The highest BCUT2D eigenvalue weighted by Crippen LogP contribution is 2.65. The Labute approximate surface area is 241 Å². The summed E-state index contributed by atoms with van der Waals surface area (Å²) in [7, 11) is 0. The molecule has 6 aromatic rings. The highest BCUT2D eigenvalue weighted by molar-refractivity contribution is 9.10. The summed E-state index contributed by atoms with van der Waals surface area (Å²) in [6.07, 6.45) is 0. The lowest BCUT2D eigenvalue weighted by atomic mass is 9.65. The normalized spacial score (nSPS) is 16.1. The van der Waals surface area contributed by atoms with Gasteiger partial charge in [0, 0.05) is 44.6 Å². The fourth-order valence-electron chi connectivity index (χ4n) is 6.77. The van der Waals surface area contributed by atoms with Crippen molar-refractivity contribution in [2.24, 2.45) is 0 Å². The minimum atomic E-state index is -1.12. The smallest absolute Gasteiger partial charge is 0.277 e. The van der Waals surface area contributed by atoms with E-state index in [0.29, 0.717) is 33.4 Å². The third kappa shape index (κ3) is 2.97. The Hall–Kier alpha value is -5.08. The predicted molar refractivity (Wildman–Crippen MR) is 160 cm³/mol. The molecule has 0 radical (unpaired) electrons. The number of nitro benzene ring substituents is 2. The Bertz CT molecular complexity index is 2180. The average Bonchev–Trinajstić information content (AvgIpc) is 3.28. The molecule has 7 nitrogen and oxygen atoms in total. The summed E-state index contributed by atoms with van der Waals surface area (Å²) in [5, 5.41) is 27.4. The molecule has 1 aliphatic heterocycles. The molecule has 0 fully saturated rings. The van der Waals surface area contributed by atoms with Crippen molar-refractivity contribution in [2.45, 2.75) is 5.41 Å². The Balaban J connectivity index is 1.66. The summed E-state index contributed by atoms with van der Waals surface area (Å²) < 4.78 is 7.63. The van der Waals surface area contributed by atoms with Crippen LogP contribution in [0.4, 0.5) is 11.4 Å². The van der Waals surface area contributed by atoms with Crippen LogP contribution in [0.25, 0.3) is 32.7 Å². The van der Waals surface area contributed by atoms with Gasteiger partial charge in [0.05, 0.1) is 20.6 Å². The van der Waals surface area contributed by atoms with Crippen LogP contribution < -0.4 is 4.74 Å². The predicted octanol–water partition coefficient (Wildman–Crippen LogP) is 9.04. The summed E-state index contributed by atoms with van der Waals surface area (Å²) in [5.74, 6) is 1.12. The molecule has 8 rings (SSSR count). The van der Waals surface area contributed by atoms with Crippen LogP contribution in [0, 0.1) is 20.2 Å². The molecule has 1 unspecified atom stereocenters. The van der Waals surface area contributed by atoms with Gasteiger partial charge in [0.2, 0.25) is 0 Å². The van der Waals surface area contributed by atoms with E-state index in [1.165, 1.54) is 6.07 Å². The van der Waals surface area contributed by atoms with Crippen LogP contribution in [0.15, 0.2) is 108 Å². The van der Waals surface area contributed by atoms with Crippen LogP contribution in [0.1, 0.15) is 22.3 Å². The second-order valence-electron chi connectivity index (χ2n) is 10.2. The molecule has 1 aliphatic carbocycles. The molecule has 196 valence electrons. The van der Waals surface area contributed by atoms with Crippen molar-refractivity contribution in [1.29, 1.82) is 0 Å². The maximum Gasteiger partial charge on any atom is 0.277 e. The van der Waals surface area contributed by atoms with Crippen molar-refractivity contribution in [1.82, 2.24) is 0 Å². The van der Waals surface area contributed by atoms with E-state index in [9.17, 15) is 20.2 Å². The van der Waals surface area contributed by atoms with Gasteiger partial charge < -0.3 is 4.74 Å². The first-order chi connectivity index (χ1) is 19.9. The lowest BCUT2D eigenvalue weighted by Crippen LogP contribution is -2.32. The molecular formula is C33H17BrN2O5. The Morgan fingerprint density at radius 2 is 1.17 bits per heavy atom. The molecule has 0 aromatic heterocycles. The highest BCUT2D eigenvalue weighted by Gasteiger charge is 2.53. The monoisotopic (exact) mass is 600 g/mol. The lowest BCUT2D eigenvalue weighted by molar-refractivity contribution is -0.384. The minimum absolute atomic E-state index is 0.0537. The quantitative estimate of drug-likeness (QED) is 0.146. The molecule has 1 heterocycles. The number of hydrogen-bond donors (Lipinski definition) is 0. The van der Waals surface area contributed by atoms with E-state index >= 15 is 0 Å². The molecule has 0 amide bonds. The van der Waals surface area contributed by atoms with E-state index in [1.54, 1.807) is 30.3 Å². The van der Waals surface area contributed by atoms with Gasteiger partial charge in [-0.25, -0.2) is 0 Å². The van der Waals surface area contributed by atoms with E-state index < -0.39 is 10.3 Å². The van der Waals surface area contributed by atoms with Crippen LogP contribution in [0.2, 0.25) is 0 Å². The van der Waals surface area contributed by atoms with Gasteiger partial charge in [0.25, 0.3) is 11.4 Å². The van der Waals surface area contributed by atoms with Crippen LogP contribution in [-0.2, 0) is 5.41 Å². The van der Waals surface area contributed by atoms with Gasteiger partial charge in [-0.1, -0.05) is 82.7 Å². The van der Waals surface area contributed by atoms with E-state index in [1.807, 2.05) is 66.7 Å². The molecule has 0 saturated heterocycles. The van der Waals surface area contributed by atoms with E-state index in [-0.39, 0.29) is 16.3 Å². The van der Waals surface area contributed by atoms with E-state index in [4.69, 9.17) is 4.74 Å². The molecule has 0 N–H and O–H groups in total. The zero-order chi connectivity index (χ0) is 28.0. The summed E-state index contributed by atoms with van der Waals surface area (Å²) in [5.41, 5.74) is 3.42. The second kappa shape index (κ2) is 8.22. The molecule has 1 spiro atoms. The highest BCUT2D eigenvalue weighted by atomic mass is 79.9. The van der Waals surface area contributed by atoms with Crippen LogP contribution in [0.5, 0.6) is 11.5 Å². The standard InChI is InChI=1S/C33H17BrN2O5/c34-29-16-27-31(23-10-3-1-8-21(23)29)41-32-24-11-4-2-9-22(24)30(36(39)40)17-28(32)33(27)25-12-6-5-7-19(25)20-14-13-18(35(37)38)15-26(20)33/h1-17H. The first-order valence-electron chi connectivity index (χ1n) is 12.9. The summed E-state index contributed by atoms with van der Waals surface area (Å²) in [6.45, 7) is 0. The largest absolute Gasteiger partial charge is 0.455 e. The minimum Gasteiger partial charge on any atom is -0.455 e. The lowest BCUT2D eigenvalue weighted by Gasteiger charge is -2.40. The molecular weight excluding hydrogens is 584 g/mol. The second-order valence-corrected chi connectivity index (χ2v) is 11.1. The van der Waals surface area contributed by atoms with Crippen LogP contribution in [0.3, 0.4) is 0 Å². The van der Waals surface area contributed by atoms with Gasteiger partial charge in [-0.2, -0.15) is 0 Å². The molecule has 0 saturated carbocycles. The van der Waals surface area contributed by atoms with Crippen molar-refractivity contribution < 1.29 is 14.6 Å². The molecule has 0 bridgehead atoms. The van der Waals surface area contributed by atoms with E-state index in [2.05, 4.69) is 15.9 Å². The summed E-state index contributed by atoms with van der Waals surface area (Å²) >= 11 is 3.77. The van der Waals surface area contributed by atoms with Gasteiger partial charge >= 0.3 is 0 Å². The number of benzene rings is 6. The fraction of sp³-hybridized carbons (Fsp3) is 0.0303. The number of hydrogen-bond acceptors (Lipinski definition) is 5. The number of nitro groups is 2. The number of non-ortho nitro benzene ring substituents is 2. The molecule has 41 heavy (non-hydrogen) atoms. The molecule has 2 aliphatic rings. The number of rotatable bonds is 2. The first-order valence-corrected chi connectivity index (χ1v) is 13.7. The Morgan fingerprint density at radius 1 is 0.585 bits per heavy atom. The van der Waals surface area contributed by atoms with Crippen molar-refractivity contribution in [3.63, 3.8) is 0 Å². The van der Waals surface area contributed by atoms with Crippen molar-refractivity contribution >= 4 is 48.8 Å². The first kappa shape index (κ1) is 23.8. The maximum atomic E-state index is 12.5. The zero-order valence-electron chi connectivity index (χ0n) is 21.1. The summed E-state index contributed by atoms with van der Waals surface area (Å²) in [6, 6.07) is 31.4. The fourth-order valence-corrected chi connectivity index (χ4v) is 7.35. The van der Waals surface area contributed by atoms with Gasteiger partial charge in [0.1, 0.15) is 11.5 Å². The SMILES string of the molecule is O=[N+]([O-])c1ccc2c(c1)C1(c3ccccc3-2)c2cc(Br)c3ccccc3c2Oc2c1cc([N+](=O)[O-])c1ccccc21. The summed E-state index contributed by atoms with van der Waals surface area (Å²) in [4.78, 5) is 23.8. The number of ether oxygens (including phenoxy) is 1. The number of halogens is 1. The molecule has 1 atom stereocenters. The number of fused-ring (bicyclic) bond motifs is 13. The van der Waals surface area contributed by atoms with Gasteiger partial charge in [-0.3, -0.25) is 20.2 Å². The molecule has 8 heteroatoms. The van der Waals surface area contributed by atoms with Crippen molar-refractivity contribution in [3.8, 4) is 22.6 Å². The van der Waals surface area contributed by atoms with Crippen LogP contribution in [-0.4, -0.2) is 9.85 Å². The Morgan fingerprint density at radius 3 is 1.88 bits per heavy atom. The third-order valence-corrected chi connectivity index (χ3v) is 9.02. The third-order valence-electron chi connectivity index (χ3n) is 8.37. The van der Waals surface area contributed by atoms with E-state index in [0.717, 1.165) is 37.5 Å². The Kier molecular flexibility index (Phi) is 4.77. The maximum absolute atomic E-state index is 12.5.